The number of halogens is 1. The zero-order chi connectivity index (χ0) is 22.1. The molecule has 1 aromatic heterocycles. The monoisotopic (exact) mass is 452 g/mol. The summed E-state index contributed by atoms with van der Waals surface area (Å²) in [6.07, 6.45) is 0.506. The van der Waals surface area contributed by atoms with E-state index in [0.29, 0.717) is 0 Å². The maximum Gasteiger partial charge on any atom is 0.341 e. The lowest BCUT2D eigenvalue weighted by Crippen LogP contribution is -2.18. The largest absolute Gasteiger partial charge is 0.477 e. The number of nitrogens with zero attached hydrogens (tertiary/aromatic N) is 1. The van der Waals surface area contributed by atoms with E-state index in [1.54, 1.807) is 0 Å². The Labute approximate surface area is 163 Å². The minimum Gasteiger partial charge on any atom is -0.477 e. The quantitative estimate of drug-likeness (QED) is 0.251. The molecule has 160 valence electrons. The van der Waals surface area contributed by atoms with Crippen LogP contribution in [0.5, 0.6) is 0 Å². The van der Waals surface area contributed by atoms with E-state index < -0.39 is 49.8 Å². The molecule has 2 aromatic rings. The zero-order valence-corrected chi connectivity index (χ0v) is 16.8. The second kappa shape index (κ2) is 8.35. The van der Waals surface area contributed by atoms with Gasteiger partial charge in [-0.05, 0) is 25.0 Å². The molecular formula is C15H19FN2O9P2. The number of anilines is 1. The van der Waals surface area contributed by atoms with Crippen molar-refractivity contribution in [3.05, 3.63) is 39.9 Å². The summed E-state index contributed by atoms with van der Waals surface area (Å²) in [5.41, 5.74) is -1.19. The van der Waals surface area contributed by atoms with Crippen molar-refractivity contribution in [3.8, 4) is 0 Å². The van der Waals surface area contributed by atoms with E-state index in [1.807, 2.05) is 0 Å². The van der Waals surface area contributed by atoms with Crippen molar-refractivity contribution in [3.63, 3.8) is 0 Å². The van der Waals surface area contributed by atoms with Crippen LogP contribution in [0.1, 0.15) is 23.2 Å². The van der Waals surface area contributed by atoms with Crippen LogP contribution >= 0.6 is 15.2 Å². The Morgan fingerprint density at radius 1 is 1.21 bits per heavy atom. The number of aromatic nitrogens is 1. The summed E-state index contributed by atoms with van der Waals surface area (Å²) in [5.74, 6) is -2.31. The van der Waals surface area contributed by atoms with Gasteiger partial charge in [0, 0.05) is 25.2 Å². The number of aryl methyl sites for hydroxylation is 1. The fourth-order valence-electron chi connectivity index (χ4n) is 2.83. The number of carboxylic acids is 1. The third-order valence-electron chi connectivity index (χ3n) is 4.24. The van der Waals surface area contributed by atoms with Crippen molar-refractivity contribution in [1.82, 2.24) is 4.57 Å². The zero-order valence-electron chi connectivity index (χ0n) is 15.0. The second-order valence-electron chi connectivity index (χ2n) is 6.36. The minimum absolute atomic E-state index is 0.0694. The van der Waals surface area contributed by atoms with Gasteiger partial charge >= 0.3 is 21.2 Å². The number of benzene rings is 1. The van der Waals surface area contributed by atoms with Crippen molar-refractivity contribution in [1.29, 1.82) is 0 Å². The van der Waals surface area contributed by atoms with Gasteiger partial charge in [-0.3, -0.25) is 13.9 Å². The summed E-state index contributed by atoms with van der Waals surface area (Å²) in [6.45, 7) is -0.0694. The van der Waals surface area contributed by atoms with Gasteiger partial charge in [0.1, 0.15) is 11.4 Å². The van der Waals surface area contributed by atoms with Crippen LogP contribution in [0.15, 0.2) is 23.1 Å². The summed E-state index contributed by atoms with van der Waals surface area (Å²) in [4.78, 5) is 59.6. The van der Waals surface area contributed by atoms with Gasteiger partial charge in [0.2, 0.25) is 5.43 Å². The molecule has 0 aliphatic carbocycles. The average Bonchev–Trinajstić information content (AvgIpc) is 2.55. The highest BCUT2D eigenvalue weighted by Gasteiger charge is 2.42. The minimum atomic E-state index is -5.03. The molecule has 0 amide bonds. The molecule has 0 unspecified atom stereocenters. The van der Waals surface area contributed by atoms with Crippen LogP contribution in [0.3, 0.4) is 0 Å². The Hall–Kier alpha value is -2.07. The topological polar surface area (TPSA) is 186 Å². The first-order valence-corrected chi connectivity index (χ1v) is 11.5. The highest BCUT2D eigenvalue weighted by molar-refractivity contribution is 7.70. The van der Waals surface area contributed by atoms with Gasteiger partial charge in [-0.1, -0.05) is 0 Å². The van der Waals surface area contributed by atoms with Crippen molar-refractivity contribution in [2.75, 3.05) is 11.9 Å². The maximum absolute atomic E-state index is 14.3. The number of carboxylic acid groups (broad SMARTS) is 1. The van der Waals surface area contributed by atoms with E-state index in [2.05, 4.69) is 5.32 Å². The molecule has 0 aliphatic rings. The van der Waals surface area contributed by atoms with E-state index in [1.165, 1.54) is 17.7 Å². The molecule has 0 radical (unpaired) electrons. The predicted octanol–water partition coefficient (Wildman–Crippen LogP) is 1.25. The molecule has 0 atom stereocenters. The lowest BCUT2D eigenvalue weighted by Gasteiger charge is -2.19. The van der Waals surface area contributed by atoms with Crippen molar-refractivity contribution >= 4 is 37.8 Å². The molecule has 0 saturated heterocycles. The number of hydrogen-bond donors (Lipinski definition) is 6. The molecule has 11 nitrogen and oxygen atoms in total. The fourth-order valence-corrected chi connectivity index (χ4v) is 5.44. The summed E-state index contributed by atoms with van der Waals surface area (Å²) in [6, 6.07) is 2.14. The molecule has 1 aromatic carbocycles. The first kappa shape index (κ1) is 23.2. The van der Waals surface area contributed by atoms with E-state index >= 15 is 0 Å². The normalized spacial score (nSPS) is 12.5. The Balaban J connectivity index is 2.22. The lowest BCUT2D eigenvalue weighted by molar-refractivity contribution is 0.0694. The number of hydrogen-bond acceptors (Lipinski definition) is 5. The first-order valence-electron chi connectivity index (χ1n) is 8.14. The number of pyridine rings is 1. The Morgan fingerprint density at radius 3 is 2.31 bits per heavy atom. The number of aromatic carboxylic acids is 1. The van der Waals surface area contributed by atoms with Crippen molar-refractivity contribution in [2.45, 2.75) is 18.2 Å². The van der Waals surface area contributed by atoms with Gasteiger partial charge in [0.15, 0.2) is 5.40 Å². The summed E-state index contributed by atoms with van der Waals surface area (Å²) < 4.78 is 38.1. The fraction of sp³-hybridized carbons (Fsp3) is 0.333. The van der Waals surface area contributed by atoms with Crippen molar-refractivity contribution < 1.29 is 43.0 Å². The number of rotatable bonds is 8. The lowest BCUT2D eigenvalue weighted by atomic mass is 10.1. The number of carbonyl (C=O) groups is 1. The van der Waals surface area contributed by atoms with Crippen LogP contribution in [0.2, 0.25) is 0 Å². The van der Waals surface area contributed by atoms with Crippen LogP contribution in [-0.4, -0.2) is 47.2 Å². The van der Waals surface area contributed by atoms with Gasteiger partial charge in [-0.15, -0.1) is 0 Å². The highest BCUT2D eigenvalue weighted by Crippen LogP contribution is 2.61. The highest BCUT2D eigenvalue weighted by atomic mass is 31.2. The molecule has 0 saturated carbocycles. The predicted molar refractivity (Wildman–Crippen MR) is 102 cm³/mol. The molecule has 1 heterocycles. The van der Waals surface area contributed by atoms with E-state index in [-0.39, 0.29) is 29.6 Å². The molecule has 6 N–H and O–H groups in total. The molecule has 2 rings (SSSR count). The Bertz CT molecular complexity index is 1080. The molecule has 29 heavy (non-hydrogen) atoms. The number of nitrogens with one attached hydrogen (secondary N) is 1. The van der Waals surface area contributed by atoms with Crippen LogP contribution in [0, 0.1) is 5.82 Å². The van der Waals surface area contributed by atoms with Crippen LogP contribution < -0.4 is 10.7 Å². The van der Waals surface area contributed by atoms with E-state index in [0.717, 1.165) is 12.3 Å². The summed E-state index contributed by atoms with van der Waals surface area (Å²) in [7, 11) is -8.58. The number of fused-ring (bicyclic) bond motifs is 1. The van der Waals surface area contributed by atoms with Gasteiger partial charge < -0.3 is 34.6 Å². The third kappa shape index (κ3) is 5.30. The van der Waals surface area contributed by atoms with Gasteiger partial charge in [-0.25, -0.2) is 9.18 Å². The second-order valence-corrected chi connectivity index (χ2v) is 10.4. The standard InChI is InChI=1S/C15H19FN2O9P2/c1-18-7-9(15(20)21)14(19)8-5-10(16)11(6-12(8)18)17-4-2-3-13(28(22,23)24)29(25,26)27/h5-7,13,17H,2-4H2,1H3,(H,20,21)(H2,22,23,24)(H2,25,26,27). The Morgan fingerprint density at radius 2 is 1.79 bits per heavy atom. The van der Waals surface area contributed by atoms with Gasteiger partial charge in [-0.2, -0.15) is 0 Å². The maximum atomic E-state index is 14.3. The molecule has 0 fully saturated rings. The third-order valence-corrected chi connectivity index (χ3v) is 8.11. The summed E-state index contributed by atoms with van der Waals surface area (Å²) in [5, 5.41) is 9.39. The molecular weight excluding hydrogens is 433 g/mol. The molecule has 0 spiro atoms. The van der Waals surface area contributed by atoms with Crippen LogP contribution in [0.4, 0.5) is 10.1 Å². The average molecular weight is 452 g/mol. The SMILES string of the molecule is Cn1cc(C(=O)O)c(=O)c2cc(F)c(NCCCC(P(=O)(O)O)P(=O)(O)O)cc21. The molecule has 0 aliphatic heterocycles. The molecule has 14 heteroatoms. The molecule has 0 bridgehead atoms. The Kier molecular flexibility index (Phi) is 6.68. The van der Waals surface area contributed by atoms with Crippen molar-refractivity contribution in [2.24, 2.45) is 7.05 Å². The summed E-state index contributed by atoms with van der Waals surface area (Å²) >= 11 is 0. The van der Waals surface area contributed by atoms with Crippen LogP contribution in [-0.2, 0) is 16.2 Å². The van der Waals surface area contributed by atoms with E-state index in [9.17, 15) is 23.1 Å². The first-order chi connectivity index (χ1) is 13.2. The van der Waals surface area contributed by atoms with Gasteiger partial charge in [0.05, 0.1) is 11.2 Å². The van der Waals surface area contributed by atoms with Crippen LogP contribution in [0.25, 0.3) is 10.9 Å². The van der Waals surface area contributed by atoms with Gasteiger partial charge in [0.25, 0.3) is 0 Å². The smallest absolute Gasteiger partial charge is 0.341 e. The van der Waals surface area contributed by atoms with E-state index in [4.69, 9.17) is 24.7 Å².